The molecule has 2 heterocycles. The van der Waals surface area contributed by atoms with Crippen LogP contribution in [-0.4, -0.2) is 71.5 Å². The number of aromatic nitrogens is 1. The van der Waals surface area contributed by atoms with Gasteiger partial charge >= 0.3 is 18.5 Å². The van der Waals surface area contributed by atoms with Crippen molar-refractivity contribution in [3.63, 3.8) is 0 Å². The maximum absolute atomic E-state index is 13.1. The number of nitrogens with zero attached hydrogens (tertiary/aromatic N) is 4. The molecule has 1 fully saturated rings. The number of benzene rings is 1. The molecule has 1 N–H and O–H groups in total. The maximum atomic E-state index is 13.1. The van der Waals surface area contributed by atoms with Crippen LogP contribution in [-0.2, 0) is 16.1 Å². The van der Waals surface area contributed by atoms with Gasteiger partial charge in [0.15, 0.2) is 0 Å². The number of ether oxygens (including phenoxy) is 2. The summed E-state index contributed by atoms with van der Waals surface area (Å²) in [6, 6.07) is 4.51. The number of alkyl halides is 3. The number of hydrogen-bond acceptors (Lipinski definition) is 7. The Bertz CT molecular complexity index is 1110. The van der Waals surface area contributed by atoms with Gasteiger partial charge in [0, 0.05) is 12.7 Å². The third-order valence-electron chi connectivity index (χ3n) is 5.83. The zero-order valence-electron chi connectivity index (χ0n) is 20.6. The molecule has 13 heteroatoms. The highest BCUT2D eigenvalue weighted by molar-refractivity contribution is 6.21. The SMILES string of the molecule is CCN(CC)CCOC(=O)Nc1cnccc1CN1C(=O)N(c2ccc(OC(F)(F)F)cc2)C(=O)C1C. The van der Waals surface area contributed by atoms with Gasteiger partial charge in [0.25, 0.3) is 5.91 Å². The quantitative estimate of drug-likeness (QED) is 0.465. The summed E-state index contributed by atoms with van der Waals surface area (Å²) >= 11 is 0. The third-order valence-corrected chi connectivity index (χ3v) is 5.83. The van der Waals surface area contributed by atoms with E-state index in [9.17, 15) is 27.6 Å². The lowest BCUT2D eigenvalue weighted by Gasteiger charge is -2.21. The number of urea groups is 1. The highest BCUT2D eigenvalue weighted by Gasteiger charge is 2.43. The first-order valence-corrected chi connectivity index (χ1v) is 11.6. The average Bonchev–Trinajstić information content (AvgIpc) is 3.05. The monoisotopic (exact) mass is 523 g/mol. The second kappa shape index (κ2) is 11.9. The molecule has 1 aliphatic rings. The Labute approximate surface area is 211 Å². The average molecular weight is 524 g/mol. The van der Waals surface area contributed by atoms with Crippen LogP contribution in [0.4, 0.5) is 34.1 Å². The van der Waals surface area contributed by atoms with E-state index in [1.165, 1.54) is 36.4 Å². The van der Waals surface area contributed by atoms with E-state index in [2.05, 4.69) is 19.9 Å². The lowest BCUT2D eigenvalue weighted by atomic mass is 10.2. The van der Waals surface area contributed by atoms with Crippen molar-refractivity contribution >= 4 is 29.4 Å². The molecule has 1 unspecified atom stereocenters. The Balaban J connectivity index is 1.69. The topological polar surface area (TPSA) is 104 Å². The molecule has 3 rings (SSSR count). The molecule has 0 aliphatic carbocycles. The fraction of sp³-hybridized carbons (Fsp3) is 0.417. The van der Waals surface area contributed by atoms with Gasteiger partial charge in [0.1, 0.15) is 18.4 Å². The Morgan fingerprint density at radius 2 is 1.81 bits per heavy atom. The first-order valence-electron chi connectivity index (χ1n) is 11.6. The molecule has 37 heavy (non-hydrogen) atoms. The van der Waals surface area contributed by atoms with Gasteiger partial charge in [-0.15, -0.1) is 13.2 Å². The van der Waals surface area contributed by atoms with Crippen LogP contribution in [0.15, 0.2) is 42.7 Å². The van der Waals surface area contributed by atoms with Crippen molar-refractivity contribution in [1.29, 1.82) is 0 Å². The Morgan fingerprint density at radius 1 is 1.14 bits per heavy atom. The molecule has 10 nitrogen and oxygen atoms in total. The van der Waals surface area contributed by atoms with E-state index < -0.39 is 36.2 Å². The highest BCUT2D eigenvalue weighted by atomic mass is 19.4. The zero-order valence-corrected chi connectivity index (χ0v) is 20.6. The van der Waals surface area contributed by atoms with Crippen molar-refractivity contribution in [3.05, 3.63) is 48.3 Å². The number of halogens is 3. The van der Waals surface area contributed by atoms with Gasteiger partial charge in [-0.25, -0.2) is 14.5 Å². The number of carbonyl (C=O) groups is 3. The first kappa shape index (κ1) is 27.7. The van der Waals surface area contributed by atoms with Crippen molar-refractivity contribution in [1.82, 2.24) is 14.8 Å². The number of rotatable bonds is 10. The fourth-order valence-corrected chi connectivity index (χ4v) is 3.76. The van der Waals surface area contributed by atoms with Crippen molar-refractivity contribution < 1.29 is 37.0 Å². The molecule has 1 aliphatic heterocycles. The molecular formula is C24H28F3N5O5. The van der Waals surface area contributed by atoms with E-state index in [0.29, 0.717) is 17.8 Å². The predicted octanol–water partition coefficient (Wildman–Crippen LogP) is 4.23. The van der Waals surface area contributed by atoms with Crippen LogP contribution in [0.25, 0.3) is 0 Å². The summed E-state index contributed by atoms with van der Waals surface area (Å²) in [5.74, 6) is -1.02. The minimum atomic E-state index is -4.86. The van der Waals surface area contributed by atoms with Gasteiger partial charge in [0.05, 0.1) is 24.1 Å². The number of anilines is 2. The lowest BCUT2D eigenvalue weighted by molar-refractivity contribution is -0.274. The number of amides is 4. The Kier molecular flexibility index (Phi) is 8.92. The number of hydrogen-bond donors (Lipinski definition) is 1. The first-order chi connectivity index (χ1) is 17.5. The van der Waals surface area contributed by atoms with Crippen LogP contribution >= 0.6 is 0 Å². The van der Waals surface area contributed by atoms with Crippen LogP contribution in [0.2, 0.25) is 0 Å². The van der Waals surface area contributed by atoms with Gasteiger partial charge in [-0.1, -0.05) is 13.8 Å². The minimum Gasteiger partial charge on any atom is -0.448 e. The van der Waals surface area contributed by atoms with Crippen molar-refractivity contribution in [3.8, 4) is 5.75 Å². The second-order valence-corrected chi connectivity index (χ2v) is 8.12. The van der Waals surface area contributed by atoms with Crippen LogP contribution in [0.3, 0.4) is 0 Å². The van der Waals surface area contributed by atoms with Crippen molar-refractivity contribution in [2.24, 2.45) is 0 Å². The standard InChI is InChI=1S/C24H28F3N5O5/c1-4-30(5-2)12-13-36-22(34)29-20-14-28-11-10-17(20)15-31-16(3)21(33)32(23(31)35)18-6-8-19(9-7-18)37-24(25,26)27/h6-11,14,16H,4-5,12-13,15H2,1-3H3,(H,29,34). The molecule has 2 aromatic rings. The Morgan fingerprint density at radius 3 is 2.43 bits per heavy atom. The molecule has 1 aromatic heterocycles. The van der Waals surface area contributed by atoms with Gasteiger partial charge in [-0.2, -0.15) is 0 Å². The second-order valence-electron chi connectivity index (χ2n) is 8.12. The van der Waals surface area contributed by atoms with Crippen LogP contribution < -0.4 is 15.0 Å². The van der Waals surface area contributed by atoms with Crippen LogP contribution in [0, 0.1) is 0 Å². The van der Waals surface area contributed by atoms with E-state index in [4.69, 9.17) is 4.74 Å². The van der Waals surface area contributed by atoms with Gasteiger partial charge in [0.2, 0.25) is 0 Å². The molecule has 200 valence electrons. The maximum Gasteiger partial charge on any atom is 0.573 e. The summed E-state index contributed by atoms with van der Waals surface area (Å²) in [4.78, 5) is 46.6. The van der Waals surface area contributed by atoms with E-state index in [1.54, 1.807) is 6.07 Å². The molecule has 0 saturated carbocycles. The normalized spacial score (nSPS) is 15.9. The summed E-state index contributed by atoms with van der Waals surface area (Å²) in [6.45, 7) is 7.97. The lowest BCUT2D eigenvalue weighted by Crippen LogP contribution is -2.34. The van der Waals surface area contributed by atoms with Crippen molar-refractivity contribution in [2.45, 2.75) is 39.7 Å². The van der Waals surface area contributed by atoms with Crippen molar-refractivity contribution in [2.75, 3.05) is 36.5 Å². The zero-order chi connectivity index (χ0) is 27.2. The summed E-state index contributed by atoms with van der Waals surface area (Å²) in [7, 11) is 0. The number of pyridine rings is 1. The van der Waals surface area contributed by atoms with Gasteiger partial charge in [-0.05, 0) is 55.9 Å². The van der Waals surface area contributed by atoms with Gasteiger partial charge < -0.3 is 19.3 Å². The van der Waals surface area contributed by atoms with Crippen LogP contribution in [0.5, 0.6) is 5.75 Å². The molecule has 1 aromatic carbocycles. The Hall–Kier alpha value is -3.87. The largest absolute Gasteiger partial charge is 0.573 e. The summed E-state index contributed by atoms with van der Waals surface area (Å²) < 4.78 is 46.3. The molecule has 0 radical (unpaired) electrons. The molecule has 0 spiro atoms. The van der Waals surface area contributed by atoms with Gasteiger partial charge in [-0.3, -0.25) is 15.1 Å². The summed E-state index contributed by atoms with van der Waals surface area (Å²) in [5.41, 5.74) is 0.929. The van der Waals surface area contributed by atoms with E-state index >= 15 is 0 Å². The van der Waals surface area contributed by atoms with Crippen LogP contribution in [0.1, 0.15) is 26.3 Å². The van der Waals surface area contributed by atoms with E-state index in [0.717, 1.165) is 30.1 Å². The number of likely N-dealkylation sites (N-methyl/N-ethyl adjacent to an activating group) is 1. The molecule has 1 saturated heterocycles. The summed E-state index contributed by atoms with van der Waals surface area (Å²) in [5, 5.41) is 2.62. The fourth-order valence-electron chi connectivity index (χ4n) is 3.76. The molecule has 4 amide bonds. The van der Waals surface area contributed by atoms with E-state index in [1.807, 2.05) is 13.8 Å². The molecule has 1 atom stereocenters. The molecule has 0 bridgehead atoms. The smallest absolute Gasteiger partial charge is 0.448 e. The molecular weight excluding hydrogens is 495 g/mol. The predicted molar refractivity (Wildman–Crippen MR) is 128 cm³/mol. The number of carbonyl (C=O) groups excluding carboxylic acids is 3. The van der Waals surface area contributed by atoms with E-state index in [-0.39, 0.29) is 18.8 Å². The number of nitrogens with one attached hydrogen (secondary N) is 1. The number of imide groups is 1. The minimum absolute atomic E-state index is 0.0326. The highest BCUT2D eigenvalue weighted by Crippen LogP contribution is 2.30. The third kappa shape index (κ3) is 7.09. The summed E-state index contributed by atoms with van der Waals surface area (Å²) in [6.07, 6.45) is -2.65.